The van der Waals surface area contributed by atoms with Crippen molar-refractivity contribution < 1.29 is 0 Å². The van der Waals surface area contributed by atoms with Gasteiger partial charge in [0.1, 0.15) is 0 Å². The van der Waals surface area contributed by atoms with Crippen LogP contribution in [0.15, 0.2) is 24.3 Å². The van der Waals surface area contributed by atoms with Crippen molar-refractivity contribution in [3.63, 3.8) is 0 Å². The Morgan fingerprint density at radius 1 is 1.20 bits per heavy atom. The Morgan fingerprint density at radius 2 is 2.10 bits per heavy atom. The lowest BCUT2D eigenvalue weighted by Crippen LogP contribution is -2.31. The highest BCUT2D eigenvalue weighted by atomic mass is 14.9. The highest BCUT2D eigenvalue weighted by Gasteiger charge is 2.43. The van der Waals surface area contributed by atoms with Gasteiger partial charge in [-0.3, -0.25) is 0 Å². The van der Waals surface area contributed by atoms with Gasteiger partial charge < -0.3 is 5.32 Å². The number of hydrogen-bond donors (Lipinski definition) is 1. The molecule has 4 unspecified atom stereocenters. The van der Waals surface area contributed by atoms with E-state index in [1.54, 1.807) is 0 Å². The second kappa shape index (κ2) is 6.30. The first-order chi connectivity index (χ1) is 9.81. The van der Waals surface area contributed by atoms with Crippen molar-refractivity contribution in [3.05, 3.63) is 35.4 Å². The second-order valence-corrected chi connectivity index (χ2v) is 6.87. The Morgan fingerprint density at radius 3 is 2.75 bits per heavy atom. The Balaban J connectivity index is 1.81. The molecule has 2 fully saturated rings. The van der Waals surface area contributed by atoms with Crippen molar-refractivity contribution in [1.82, 2.24) is 5.32 Å². The first kappa shape index (κ1) is 14.1. The van der Waals surface area contributed by atoms with E-state index in [0.717, 1.165) is 24.3 Å². The van der Waals surface area contributed by atoms with Gasteiger partial charge in [-0.05, 0) is 61.1 Å². The Bertz CT molecular complexity index is 439. The van der Waals surface area contributed by atoms with Crippen molar-refractivity contribution in [1.29, 1.82) is 0 Å². The molecule has 0 spiro atoms. The third kappa shape index (κ3) is 2.79. The molecule has 2 aliphatic carbocycles. The average molecular weight is 271 g/mol. The van der Waals surface area contributed by atoms with Crippen LogP contribution in [0.2, 0.25) is 0 Å². The Labute approximate surface area is 124 Å². The third-order valence-corrected chi connectivity index (χ3v) is 5.49. The summed E-state index contributed by atoms with van der Waals surface area (Å²) in [6, 6.07) is 9.95. The highest BCUT2D eigenvalue weighted by Crippen LogP contribution is 2.52. The summed E-state index contributed by atoms with van der Waals surface area (Å²) in [4.78, 5) is 0. The van der Waals surface area contributed by atoms with Gasteiger partial charge in [-0.25, -0.2) is 0 Å². The van der Waals surface area contributed by atoms with E-state index in [-0.39, 0.29) is 0 Å². The van der Waals surface area contributed by atoms with Crippen molar-refractivity contribution in [3.8, 4) is 0 Å². The van der Waals surface area contributed by atoms with E-state index < -0.39 is 0 Å². The van der Waals surface area contributed by atoms with Crippen LogP contribution in [0.4, 0.5) is 0 Å². The fourth-order valence-electron chi connectivity index (χ4n) is 4.67. The van der Waals surface area contributed by atoms with Crippen molar-refractivity contribution >= 4 is 0 Å². The standard InChI is InChI=1S/C19H29N/c1-3-6-14-7-5-8-17(11-14)19(20-4-2)18-13-15-9-10-16(18)12-15/h5,7-8,11,15-16,18-20H,3-4,6,9-10,12-13H2,1-2H3. The maximum atomic E-state index is 3.80. The SMILES string of the molecule is CCCc1cccc(C(NCC)C2CC3CCC2C3)c1. The van der Waals surface area contributed by atoms with Crippen LogP contribution in [0.5, 0.6) is 0 Å². The lowest BCUT2D eigenvalue weighted by atomic mass is 9.80. The van der Waals surface area contributed by atoms with Crippen LogP contribution >= 0.6 is 0 Å². The molecule has 0 amide bonds. The van der Waals surface area contributed by atoms with E-state index in [2.05, 4.69) is 43.4 Å². The summed E-state index contributed by atoms with van der Waals surface area (Å²) >= 11 is 0. The van der Waals surface area contributed by atoms with Crippen LogP contribution < -0.4 is 5.32 Å². The molecule has 1 aromatic rings. The van der Waals surface area contributed by atoms with E-state index in [0.29, 0.717) is 6.04 Å². The predicted octanol–water partition coefficient (Wildman–Crippen LogP) is 4.73. The van der Waals surface area contributed by atoms with Gasteiger partial charge in [0.15, 0.2) is 0 Å². The van der Waals surface area contributed by atoms with E-state index in [1.165, 1.54) is 49.7 Å². The summed E-state index contributed by atoms with van der Waals surface area (Å²) in [5.74, 6) is 2.90. The minimum Gasteiger partial charge on any atom is -0.310 e. The second-order valence-electron chi connectivity index (χ2n) is 6.87. The van der Waals surface area contributed by atoms with Crippen molar-refractivity contribution in [2.45, 2.75) is 58.4 Å². The molecule has 0 aromatic heterocycles. The van der Waals surface area contributed by atoms with Gasteiger partial charge in [-0.2, -0.15) is 0 Å². The molecule has 2 saturated carbocycles. The third-order valence-electron chi connectivity index (χ3n) is 5.49. The maximum Gasteiger partial charge on any atom is 0.0351 e. The summed E-state index contributed by atoms with van der Waals surface area (Å²) in [6.07, 6.45) is 8.39. The van der Waals surface area contributed by atoms with Gasteiger partial charge >= 0.3 is 0 Å². The van der Waals surface area contributed by atoms with Crippen LogP contribution in [-0.2, 0) is 6.42 Å². The number of fused-ring (bicyclic) bond motifs is 2. The molecule has 0 saturated heterocycles. The molecule has 0 aliphatic heterocycles. The highest BCUT2D eigenvalue weighted by molar-refractivity contribution is 5.27. The largest absolute Gasteiger partial charge is 0.310 e. The molecular weight excluding hydrogens is 242 g/mol. The first-order valence-electron chi connectivity index (χ1n) is 8.64. The molecule has 0 radical (unpaired) electrons. The number of rotatable bonds is 6. The zero-order chi connectivity index (χ0) is 13.9. The molecule has 20 heavy (non-hydrogen) atoms. The van der Waals surface area contributed by atoms with Crippen LogP contribution in [0.25, 0.3) is 0 Å². The summed E-state index contributed by atoms with van der Waals surface area (Å²) in [7, 11) is 0. The maximum absolute atomic E-state index is 3.80. The number of nitrogens with one attached hydrogen (secondary N) is 1. The van der Waals surface area contributed by atoms with Crippen LogP contribution in [-0.4, -0.2) is 6.54 Å². The molecule has 2 aliphatic rings. The minimum atomic E-state index is 0.590. The van der Waals surface area contributed by atoms with E-state index in [4.69, 9.17) is 0 Å². The quantitative estimate of drug-likeness (QED) is 0.789. The van der Waals surface area contributed by atoms with Gasteiger partial charge in [0.25, 0.3) is 0 Å². The normalized spacial score (nSPS) is 29.8. The van der Waals surface area contributed by atoms with E-state index in [1.807, 2.05) is 0 Å². The zero-order valence-electron chi connectivity index (χ0n) is 13.1. The summed E-state index contributed by atoms with van der Waals surface area (Å²) in [6.45, 7) is 5.59. The fourth-order valence-corrected chi connectivity index (χ4v) is 4.67. The number of aryl methyl sites for hydroxylation is 1. The van der Waals surface area contributed by atoms with Crippen LogP contribution in [0.1, 0.15) is 63.1 Å². The van der Waals surface area contributed by atoms with Gasteiger partial charge in [0.2, 0.25) is 0 Å². The smallest absolute Gasteiger partial charge is 0.0351 e. The van der Waals surface area contributed by atoms with Gasteiger partial charge in [0, 0.05) is 6.04 Å². The van der Waals surface area contributed by atoms with E-state index in [9.17, 15) is 0 Å². The topological polar surface area (TPSA) is 12.0 Å². The number of hydrogen-bond acceptors (Lipinski definition) is 1. The lowest BCUT2D eigenvalue weighted by Gasteiger charge is -2.32. The van der Waals surface area contributed by atoms with Crippen LogP contribution in [0, 0.1) is 17.8 Å². The molecule has 1 nitrogen and oxygen atoms in total. The summed E-state index contributed by atoms with van der Waals surface area (Å²) in [5.41, 5.74) is 3.05. The monoisotopic (exact) mass is 271 g/mol. The van der Waals surface area contributed by atoms with Gasteiger partial charge in [0.05, 0.1) is 0 Å². The number of benzene rings is 1. The molecule has 1 N–H and O–H groups in total. The van der Waals surface area contributed by atoms with Gasteiger partial charge in [-0.1, -0.05) is 51.0 Å². The van der Waals surface area contributed by atoms with Crippen LogP contribution in [0.3, 0.4) is 0 Å². The first-order valence-corrected chi connectivity index (χ1v) is 8.64. The molecule has 1 heteroatoms. The molecule has 0 heterocycles. The van der Waals surface area contributed by atoms with Crippen molar-refractivity contribution in [2.75, 3.05) is 6.54 Å². The minimum absolute atomic E-state index is 0.590. The predicted molar refractivity (Wildman–Crippen MR) is 85.8 cm³/mol. The molecule has 4 atom stereocenters. The summed E-state index contributed by atoms with van der Waals surface area (Å²) < 4.78 is 0. The van der Waals surface area contributed by atoms with Gasteiger partial charge in [-0.15, -0.1) is 0 Å². The fraction of sp³-hybridized carbons (Fsp3) is 0.684. The Kier molecular flexibility index (Phi) is 4.45. The molecule has 3 rings (SSSR count). The molecule has 110 valence electrons. The molecule has 2 bridgehead atoms. The summed E-state index contributed by atoms with van der Waals surface area (Å²) in [5, 5.41) is 3.80. The van der Waals surface area contributed by atoms with Crippen molar-refractivity contribution in [2.24, 2.45) is 17.8 Å². The lowest BCUT2D eigenvalue weighted by molar-refractivity contribution is 0.253. The Hall–Kier alpha value is -0.820. The van der Waals surface area contributed by atoms with E-state index >= 15 is 0 Å². The molecular formula is C19H29N. The zero-order valence-corrected chi connectivity index (χ0v) is 13.1. The average Bonchev–Trinajstić information content (AvgIpc) is 3.08. The molecule has 1 aromatic carbocycles.